The first-order chi connectivity index (χ1) is 6.18. The fourth-order valence-corrected chi connectivity index (χ4v) is 2.90. The number of nitrogens with one attached hydrogen (secondary N) is 1. The molecule has 1 saturated carbocycles. The topological polar surface area (TPSA) is 29.1 Å². The summed E-state index contributed by atoms with van der Waals surface area (Å²) in [4.78, 5) is 11.7. The van der Waals surface area contributed by atoms with Crippen molar-refractivity contribution in [1.29, 1.82) is 0 Å². The Bertz CT molecular complexity index is 214. The van der Waals surface area contributed by atoms with Gasteiger partial charge < -0.3 is 5.32 Å². The van der Waals surface area contributed by atoms with Crippen LogP contribution >= 0.6 is 0 Å². The number of piperidine rings is 1. The number of fused-ring (bicyclic) bond motifs is 1. The minimum atomic E-state index is 0.333. The molecule has 0 bridgehead atoms. The van der Waals surface area contributed by atoms with Crippen molar-refractivity contribution in [2.75, 3.05) is 0 Å². The molecule has 2 heteroatoms. The number of carbonyl (C=O) groups excluding carboxylic acids is 1. The van der Waals surface area contributed by atoms with Crippen molar-refractivity contribution in [3.63, 3.8) is 0 Å². The molecule has 0 radical (unpaired) electrons. The Kier molecular flexibility index (Phi) is 2.41. The van der Waals surface area contributed by atoms with Crippen LogP contribution in [0.2, 0.25) is 0 Å². The van der Waals surface area contributed by atoms with Gasteiger partial charge in [0.05, 0.1) is 0 Å². The lowest BCUT2D eigenvalue weighted by atomic mass is 9.72. The fourth-order valence-electron chi connectivity index (χ4n) is 2.90. The van der Waals surface area contributed by atoms with Gasteiger partial charge in [-0.1, -0.05) is 13.3 Å². The van der Waals surface area contributed by atoms with Crippen molar-refractivity contribution in [3.8, 4) is 0 Å². The first-order valence-corrected chi connectivity index (χ1v) is 5.47. The maximum absolute atomic E-state index is 11.7. The van der Waals surface area contributed by atoms with E-state index in [9.17, 15) is 4.79 Å². The quantitative estimate of drug-likeness (QED) is 0.616. The summed E-state index contributed by atoms with van der Waals surface area (Å²) < 4.78 is 0. The second-order valence-electron chi connectivity index (χ2n) is 4.78. The van der Waals surface area contributed by atoms with Gasteiger partial charge in [0.1, 0.15) is 5.78 Å². The van der Waals surface area contributed by atoms with E-state index in [1.807, 2.05) is 0 Å². The third-order valence-electron chi connectivity index (χ3n) is 3.62. The zero-order valence-electron chi connectivity index (χ0n) is 8.55. The number of hydrogen-bond acceptors (Lipinski definition) is 2. The second-order valence-corrected chi connectivity index (χ2v) is 4.78. The first-order valence-electron chi connectivity index (χ1n) is 5.47. The Morgan fingerprint density at radius 1 is 1.31 bits per heavy atom. The molecule has 0 aromatic carbocycles. The second kappa shape index (κ2) is 3.41. The maximum atomic E-state index is 11.7. The lowest BCUT2D eigenvalue weighted by molar-refractivity contribution is -0.128. The molecule has 0 aromatic rings. The van der Waals surface area contributed by atoms with Gasteiger partial charge in [-0.3, -0.25) is 4.79 Å². The number of Topliss-reactive ketones (excluding diaryl/α,β-unsaturated/α-hetero) is 1. The third kappa shape index (κ3) is 1.64. The minimum absolute atomic E-state index is 0.333. The van der Waals surface area contributed by atoms with Gasteiger partial charge in [0.2, 0.25) is 0 Å². The van der Waals surface area contributed by atoms with Crippen molar-refractivity contribution in [2.24, 2.45) is 11.8 Å². The molecule has 2 nitrogen and oxygen atoms in total. The molecule has 2 aliphatic rings. The lowest BCUT2D eigenvalue weighted by Gasteiger charge is -2.42. The van der Waals surface area contributed by atoms with Crippen molar-refractivity contribution in [1.82, 2.24) is 5.32 Å². The van der Waals surface area contributed by atoms with Crippen molar-refractivity contribution >= 4 is 5.78 Å². The normalized spacial score (nSPS) is 45.8. The number of hydrogen-bond donors (Lipinski definition) is 1. The highest BCUT2D eigenvalue weighted by Crippen LogP contribution is 2.33. The summed E-state index contributed by atoms with van der Waals surface area (Å²) in [6, 6.07) is 0.874. The van der Waals surface area contributed by atoms with Crippen molar-refractivity contribution in [2.45, 2.75) is 51.6 Å². The molecule has 2 fully saturated rings. The molecular formula is C11H19NO. The summed E-state index contributed by atoms with van der Waals surface area (Å²) in [6.07, 6.45) is 4.39. The van der Waals surface area contributed by atoms with Crippen LogP contribution in [-0.2, 0) is 4.79 Å². The summed E-state index contributed by atoms with van der Waals surface area (Å²) in [5.41, 5.74) is 0. The zero-order valence-corrected chi connectivity index (χ0v) is 8.55. The van der Waals surface area contributed by atoms with Crippen molar-refractivity contribution < 1.29 is 4.79 Å². The standard InChI is InChI=1S/C11H19NO/c1-7-4-3-5-9-10(13)6-8(2)12-11(7)9/h7-9,11-12H,3-6H2,1-2H3. The average Bonchev–Trinajstić information content (AvgIpc) is 2.07. The number of carbonyl (C=O) groups is 1. The average molecular weight is 181 g/mol. The molecule has 1 aliphatic heterocycles. The Hall–Kier alpha value is -0.370. The summed E-state index contributed by atoms with van der Waals surface area (Å²) in [7, 11) is 0. The molecule has 0 aromatic heterocycles. The van der Waals surface area contributed by atoms with Gasteiger partial charge in [-0.15, -0.1) is 0 Å². The summed E-state index contributed by atoms with van der Waals surface area (Å²) in [5, 5.41) is 3.58. The smallest absolute Gasteiger partial charge is 0.139 e. The molecule has 2 rings (SSSR count). The maximum Gasteiger partial charge on any atom is 0.139 e. The SMILES string of the molecule is CC1CC(=O)C2CCCC(C)C2N1. The van der Waals surface area contributed by atoms with Gasteiger partial charge in [0.25, 0.3) is 0 Å². The van der Waals surface area contributed by atoms with Gasteiger partial charge in [0, 0.05) is 24.4 Å². The van der Waals surface area contributed by atoms with Gasteiger partial charge in [-0.25, -0.2) is 0 Å². The molecule has 4 atom stereocenters. The van der Waals surface area contributed by atoms with Crippen LogP contribution in [0.25, 0.3) is 0 Å². The highest BCUT2D eigenvalue weighted by molar-refractivity contribution is 5.83. The monoisotopic (exact) mass is 181 g/mol. The van der Waals surface area contributed by atoms with E-state index in [0.717, 1.165) is 12.8 Å². The molecular weight excluding hydrogens is 162 g/mol. The van der Waals surface area contributed by atoms with Crippen LogP contribution in [0.4, 0.5) is 0 Å². The molecule has 1 saturated heterocycles. The van der Waals surface area contributed by atoms with E-state index in [0.29, 0.717) is 29.7 Å². The molecule has 0 amide bonds. The zero-order chi connectivity index (χ0) is 9.42. The molecule has 1 heterocycles. The van der Waals surface area contributed by atoms with E-state index in [2.05, 4.69) is 19.2 Å². The van der Waals surface area contributed by atoms with Crippen LogP contribution in [0.3, 0.4) is 0 Å². The van der Waals surface area contributed by atoms with E-state index >= 15 is 0 Å². The predicted molar refractivity (Wildman–Crippen MR) is 52.5 cm³/mol. The molecule has 1 N–H and O–H groups in total. The Morgan fingerprint density at radius 3 is 2.85 bits per heavy atom. The highest BCUT2D eigenvalue weighted by Gasteiger charge is 2.39. The van der Waals surface area contributed by atoms with Gasteiger partial charge in [-0.2, -0.15) is 0 Å². The molecule has 74 valence electrons. The molecule has 13 heavy (non-hydrogen) atoms. The molecule has 0 spiro atoms. The largest absolute Gasteiger partial charge is 0.310 e. The lowest BCUT2D eigenvalue weighted by Crippen LogP contribution is -2.55. The first kappa shape index (κ1) is 9.20. The van der Waals surface area contributed by atoms with Gasteiger partial charge >= 0.3 is 0 Å². The van der Waals surface area contributed by atoms with Crippen LogP contribution in [0.5, 0.6) is 0 Å². The van der Waals surface area contributed by atoms with Crippen LogP contribution in [0, 0.1) is 11.8 Å². The Morgan fingerprint density at radius 2 is 2.08 bits per heavy atom. The van der Waals surface area contributed by atoms with Crippen LogP contribution in [0.1, 0.15) is 39.5 Å². The molecule has 4 unspecified atom stereocenters. The van der Waals surface area contributed by atoms with Crippen LogP contribution in [-0.4, -0.2) is 17.9 Å². The minimum Gasteiger partial charge on any atom is -0.310 e. The third-order valence-corrected chi connectivity index (χ3v) is 3.62. The Balaban J connectivity index is 2.12. The van der Waals surface area contributed by atoms with E-state index in [1.165, 1.54) is 12.8 Å². The highest BCUT2D eigenvalue weighted by atomic mass is 16.1. The van der Waals surface area contributed by atoms with E-state index in [4.69, 9.17) is 0 Å². The van der Waals surface area contributed by atoms with Crippen LogP contribution in [0.15, 0.2) is 0 Å². The van der Waals surface area contributed by atoms with Crippen molar-refractivity contribution in [3.05, 3.63) is 0 Å². The number of ketones is 1. The molecule has 1 aliphatic carbocycles. The predicted octanol–water partition coefficient (Wildman–Crippen LogP) is 1.74. The van der Waals surface area contributed by atoms with Gasteiger partial charge in [0.15, 0.2) is 0 Å². The van der Waals surface area contributed by atoms with Crippen LogP contribution < -0.4 is 5.32 Å². The summed E-state index contributed by atoms with van der Waals surface area (Å²) in [6.45, 7) is 4.39. The number of rotatable bonds is 0. The summed E-state index contributed by atoms with van der Waals surface area (Å²) >= 11 is 0. The van der Waals surface area contributed by atoms with E-state index in [-0.39, 0.29) is 0 Å². The Labute approximate surface area is 80.1 Å². The summed E-state index contributed by atoms with van der Waals surface area (Å²) in [5.74, 6) is 1.52. The van der Waals surface area contributed by atoms with Gasteiger partial charge in [-0.05, 0) is 25.7 Å². The fraction of sp³-hybridized carbons (Fsp3) is 0.909. The van der Waals surface area contributed by atoms with E-state index < -0.39 is 0 Å². The van der Waals surface area contributed by atoms with E-state index in [1.54, 1.807) is 0 Å².